The Labute approximate surface area is 102 Å². The highest BCUT2D eigenvalue weighted by atomic mass is 16.5. The summed E-state index contributed by atoms with van der Waals surface area (Å²) < 4.78 is 5.09. The molecule has 96 valence electrons. The zero-order chi connectivity index (χ0) is 12.4. The number of hydrogen-bond donors (Lipinski definition) is 0. The zero-order valence-corrected chi connectivity index (χ0v) is 10.5. The van der Waals surface area contributed by atoms with Crippen LogP contribution in [0.2, 0.25) is 0 Å². The first-order valence-corrected chi connectivity index (χ1v) is 6.24. The molecule has 2 rings (SSSR count). The molecule has 17 heavy (non-hydrogen) atoms. The largest absolute Gasteiger partial charge is 0.383 e. The molecule has 0 radical (unpaired) electrons. The van der Waals surface area contributed by atoms with Gasteiger partial charge in [-0.15, -0.1) is 0 Å². The number of ether oxygens (including phenoxy) is 1. The minimum Gasteiger partial charge on any atom is -0.383 e. The lowest BCUT2D eigenvalue weighted by atomic mass is 10.1. The number of amides is 2. The SMILES string of the molecule is COCC(C)N1CCC(=O)N2CCCC2C1=O. The van der Waals surface area contributed by atoms with E-state index in [4.69, 9.17) is 4.74 Å². The number of carbonyl (C=O) groups is 2. The second-order valence-corrected chi connectivity index (χ2v) is 4.83. The third-order valence-electron chi connectivity index (χ3n) is 3.65. The summed E-state index contributed by atoms with van der Waals surface area (Å²) in [6, 6.07) is -0.176. The van der Waals surface area contributed by atoms with Crippen LogP contribution in [0.25, 0.3) is 0 Å². The molecule has 0 aromatic heterocycles. The molecule has 2 atom stereocenters. The minimum absolute atomic E-state index is 0.0425. The first kappa shape index (κ1) is 12.4. The van der Waals surface area contributed by atoms with Crippen molar-refractivity contribution in [3.63, 3.8) is 0 Å². The van der Waals surface area contributed by atoms with Crippen LogP contribution in [0.3, 0.4) is 0 Å². The van der Waals surface area contributed by atoms with Gasteiger partial charge in [-0.1, -0.05) is 0 Å². The van der Waals surface area contributed by atoms with Gasteiger partial charge in [-0.25, -0.2) is 0 Å². The van der Waals surface area contributed by atoms with Gasteiger partial charge >= 0.3 is 0 Å². The van der Waals surface area contributed by atoms with E-state index in [1.165, 1.54) is 0 Å². The molecule has 0 spiro atoms. The van der Waals surface area contributed by atoms with Gasteiger partial charge in [-0.2, -0.15) is 0 Å². The van der Waals surface area contributed by atoms with Crippen molar-refractivity contribution in [1.29, 1.82) is 0 Å². The van der Waals surface area contributed by atoms with E-state index in [0.717, 1.165) is 19.4 Å². The van der Waals surface area contributed by atoms with E-state index in [2.05, 4.69) is 0 Å². The van der Waals surface area contributed by atoms with Crippen molar-refractivity contribution in [1.82, 2.24) is 9.80 Å². The normalized spacial score (nSPS) is 27.1. The molecule has 0 bridgehead atoms. The fourth-order valence-corrected chi connectivity index (χ4v) is 2.75. The van der Waals surface area contributed by atoms with E-state index in [9.17, 15) is 9.59 Å². The summed E-state index contributed by atoms with van der Waals surface area (Å²) in [5, 5.41) is 0. The highest BCUT2D eigenvalue weighted by Crippen LogP contribution is 2.24. The van der Waals surface area contributed by atoms with E-state index in [0.29, 0.717) is 19.6 Å². The van der Waals surface area contributed by atoms with Crippen molar-refractivity contribution in [2.24, 2.45) is 0 Å². The van der Waals surface area contributed by atoms with Gasteiger partial charge in [0.1, 0.15) is 6.04 Å². The number of methoxy groups -OCH3 is 1. The molecule has 2 aliphatic rings. The number of nitrogens with zero attached hydrogens (tertiary/aromatic N) is 2. The average molecular weight is 240 g/mol. The predicted molar refractivity (Wildman–Crippen MR) is 62.4 cm³/mol. The molecule has 2 aliphatic heterocycles. The van der Waals surface area contributed by atoms with Gasteiger partial charge in [0.25, 0.3) is 0 Å². The third kappa shape index (κ3) is 2.29. The van der Waals surface area contributed by atoms with Crippen molar-refractivity contribution in [2.75, 3.05) is 26.8 Å². The Morgan fingerprint density at radius 1 is 1.41 bits per heavy atom. The van der Waals surface area contributed by atoms with Crippen LogP contribution in [-0.4, -0.2) is 60.5 Å². The second kappa shape index (κ2) is 5.04. The van der Waals surface area contributed by atoms with Crippen LogP contribution in [0.5, 0.6) is 0 Å². The molecule has 0 aliphatic carbocycles. The molecule has 0 N–H and O–H groups in total. The number of rotatable bonds is 3. The fourth-order valence-electron chi connectivity index (χ4n) is 2.75. The molecule has 2 heterocycles. The van der Waals surface area contributed by atoms with Crippen LogP contribution in [-0.2, 0) is 14.3 Å². The summed E-state index contributed by atoms with van der Waals surface area (Å²) in [5.74, 6) is 0.214. The summed E-state index contributed by atoms with van der Waals surface area (Å²) in [4.78, 5) is 27.8. The Morgan fingerprint density at radius 3 is 2.88 bits per heavy atom. The highest BCUT2D eigenvalue weighted by Gasteiger charge is 2.40. The fraction of sp³-hybridized carbons (Fsp3) is 0.833. The predicted octanol–water partition coefficient (Wildman–Crippen LogP) is 0.245. The molecule has 5 nitrogen and oxygen atoms in total. The maximum absolute atomic E-state index is 12.4. The number of fused-ring (bicyclic) bond motifs is 1. The van der Waals surface area contributed by atoms with Crippen LogP contribution in [0.15, 0.2) is 0 Å². The summed E-state index contributed by atoms with van der Waals surface area (Å²) in [7, 11) is 1.63. The third-order valence-corrected chi connectivity index (χ3v) is 3.65. The van der Waals surface area contributed by atoms with Crippen molar-refractivity contribution in [3.8, 4) is 0 Å². The van der Waals surface area contributed by atoms with Gasteiger partial charge in [0, 0.05) is 26.6 Å². The van der Waals surface area contributed by atoms with Crippen molar-refractivity contribution >= 4 is 11.8 Å². The second-order valence-electron chi connectivity index (χ2n) is 4.83. The van der Waals surface area contributed by atoms with E-state index in [1.807, 2.05) is 6.92 Å². The molecule has 2 unspecified atom stereocenters. The van der Waals surface area contributed by atoms with E-state index < -0.39 is 0 Å². The van der Waals surface area contributed by atoms with Gasteiger partial charge in [0.2, 0.25) is 11.8 Å². The first-order valence-electron chi connectivity index (χ1n) is 6.24. The summed E-state index contributed by atoms with van der Waals surface area (Å²) >= 11 is 0. The maximum Gasteiger partial charge on any atom is 0.245 e. The van der Waals surface area contributed by atoms with Crippen LogP contribution >= 0.6 is 0 Å². The smallest absolute Gasteiger partial charge is 0.245 e. The van der Waals surface area contributed by atoms with Gasteiger partial charge < -0.3 is 14.5 Å². The Kier molecular flexibility index (Phi) is 3.66. The standard InChI is InChI=1S/C12H20N2O3/c1-9(8-17-2)13-7-5-11(15)14-6-3-4-10(14)12(13)16/h9-10H,3-8H2,1-2H3. The van der Waals surface area contributed by atoms with E-state index >= 15 is 0 Å². The number of hydrogen-bond acceptors (Lipinski definition) is 3. The Hall–Kier alpha value is -1.10. The topological polar surface area (TPSA) is 49.9 Å². The van der Waals surface area contributed by atoms with Crippen molar-refractivity contribution in [3.05, 3.63) is 0 Å². The summed E-state index contributed by atoms with van der Waals surface area (Å²) in [6.45, 7) is 3.75. The molecular formula is C12H20N2O3. The Morgan fingerprint density at radius 2 is 2.18 bits per heavy atom. The molecule has 0 aromatic rings. The molecule has 0 saturated carbocycles. The number of carbonyl (C=O) groups excluding carboxylic acids is 2. The van der Waals surface area contributed by atoms with Crippen LogP contribution in [0.4, 0.5) is 0 Å². The van der Waals surface area contributed by atoms with E-state index in [-0.39, 0.29) is 23.9 Å². The zero-order valence-electron chi connectivity index (χ0n) is 10.5. The van der Waals surface area contributed by atoms with Crippen molar-refractivity contribution < 1.29 is 14.3 Å². The van der Waals surface area contributed by atoms with Gasteiger partial charge in [-0.3, -0.25) is 9.59 Å². The quantitative estimate of drug-likeness (QED) is 0.710. The maximum atomic E-state index is 12.4. The molecule has 5 heteroatoms. The van der Waals surface area contributed by atoms with Crippen LogP contribution < -0.4 is 0 Å². The lowest BCUT2D eigenvalue weighted by Gasteiger charge is -2.29. The van der Waals surface area contributed by atoms with Gasteiger partial charge in [0.15, 0.2) is 0 Å². The average Bonchev–Trinajstić information content (AvgIpc) is 2.74. The highest BCUT2D eigenvalue weighted by molar-refractivity contribution is 5.90. The van der Waals surface area contributed by atoms with E-state index in [1.54, 1.807) is 16.9 Å². The minimum atomic E-state index is -0.218. The van der Waals surface area contributed by atoms with Crippen LogP contribution in [0.1, 0.15) is 26.2 Å². The summed E-state index contributed by atoms with van der Waals surface area (Å²) in [6.07, 6.45) is 2.19. The molecule has 2 amide bonds. The van der Waals surface area contributed by atoms with Gasteiger partial charge in [-0.05, 0) is 19.8 Å². The summed E-state index contributed by atoms with van der Waals surface area (Å²) in [5.41, 5.74) is 0. The monoisotopic (exact) mass is 240 g/mol. The molecular weight excluding hydrogens is 220 g/mol. The lowest BCUT2D eigenvalue weighted by molar-refractivity contribution is -0.141. The molecule has 2 fully saturated rings. The molecule has 2 saturated heterocycles. The van der Waals surface area contributed by atoms with Gasteiger partial charge in [0.05, 0.1) is 12.6 Å². The van der Waals surface area contributed by atoms with Crippen molar-refractivity contribution in [2.45, 2.75) is 38.3 Å². The Balaban J connectivity index is 2.14. The Bertz CT molecular complexity index is 319. The first-order chi connectivity index (χ1) is 8.15. The molecule has 0 aromatic carbocycles. The van der Waals surface area contributed by atoms with Crippen LogP contribution in [0, 0.1) is 0 Å². The lowest BCUT2D eigenvalue weighted by Crippen LogP contribution is -2.48.